The standard InChI is InChI=1S/C24H28N4O/c1-18-6-8-19(9-7-18)16-28-22-5-3-2-4-21(22)25-23(28)17-26-12-14-27(15-13-26)24(29)20-10-11-20/h2-9,20H,10-17H2,1H3. The molecule has 0 atom stereocenters. The Morgan fingerprint density at radius 3 is 2.41 bits per heavy atom. The van der Waals surface area contributed by atoms with Gasteiger partial charge in [-0.15, -0.1) is 0 Å². The molecule has 2 heterocycles. The molecule has 0 spiro atoms. The van der Waals surface area contributed by atoms with Crippen molar-refractivity contribution in [3.8, 4) is 0 Å². The lowest BCUT2D eigenvalue weighted by Crippen LogP contribution is -2.49. The number of hydrogen-bond acceptors (Lipinski definition) is 3. The number of nitrogens with zero attached hydrogens (tertiary/aromatic N) is 4. The average Bonchev–Trinajstić information content (AvgIpc) is 3.54. The predicted molar refractivity (Wildman–Crippen MR) is 115 cm³/mol. The third kappa shape index (κ3) is 3.92. The van der Waals surface area contributed by atoms with E-state index in [0.717, 1.165) is 63.5 Å². The first-order valence-corrected chi connectivity index (χ1v) is 10.7. The van der Waals surface area contributed by atoms with Gasteiger partial charge in [0.05, 0.1) is 17.6 Å². The molecular formula is C24H28N4O. The Morgan fingerprint density at radius 1 is 0.966 bits per heavy atom. The molecule has 3 aromatic rings. The molecule has 5 rings (SSSR count). The van der Waals surface area contributed by atoms with Gasteiger partial charge < -0.3 is 9.47 Å². The van der Waals surface area contributed by atoms with E-state index in [9.17, 15) is 4.79 Å². The minimum Gasteiger partial charge on any atom is -0.340 e. The van der Waals surface area contributed by atoms with Crippen LogP contribution in [0.25, 0.3) is 11.0 Å². The quantitative estimate of drug-likeness (QED) is 0.672. The first-order chi connectivity index (χ1) is 14.2. The van der Waals surface area contributed by atoms with E-state index in [1.165, 1.54) is 16.6 Å². The zero-order chi connectivity index (χ0) is 19.8. The number of carbonyl (C=O) groups is 1. The van der Waals surface area contributed by atoms with E-state index < -0.39 is 0 Å². The van der Waals surface area contributed by atoms with Gasteiger partial charge in [0.25, 0.3) is 0 Å². The van der Waals surface area contributed by atoms with Crippen LogP contribution in [0.15, 0.2) is 48.5 Å². The Bertz CT molecular complexity index is 1010. The molecule has 5 heteroatoms. The van der Waals surface area contributed by atoms with Gasteiger partial charge in [-0.1, -0.05) is 42.0 Å². The van der Waals surface area contributed by atoms with Crippen molar-refractivity contribution in [2.45, 2.75) is 32.9 Å². The third-order valence-corrected chi connectivity index (χ3v) is 6.17. The second-order valence-corrected chi connectivity index (χ2v) is 8.46. The lowest BCUT2D eigenvalue weighted by Gasteiger charge is -2.34. The molecule has 1 saturated carbocycles. The van der Waals surface area contributed by atoms with Gasteiger partial charge in [-0.2, -0.15) is 0 Å². The van der Waals surface area contributed by atoms with Crippen LogP contribution in [0.1, 0.15) is 29.8 Å². The number of fused-ring (bicyclic) bond motifs is 1. The zero-order valence-corrected chi connectivity index (χ0v) is 17.1. The van der Waals surface area contributed by atoms with Crippen LogP contribution in [0.4, 0.5) is 0 Å². The van der Waals surface area contributed by atoms with Crippen LogP contribution in [0.5, 0.6) is 0 Å². The second-order valence-electron chi connectivity index (χ2n) is 8.46. The highest BCUT2D eigenvalue weighted by atomic mass is 16.2. The molecule has 1 aromatic heterocycles. The summed E-state index contributed by atoms with van der Waals surface area (Å²) < 4.78 is 2.35. The number of amides is 1. The van der Waals surface area contributed by atoms with Crippen molar-refractivity contribution in [3.63, 3.8) is 0 Å². The molecule has 150 valence electrons. The van der Waals surface area contributed by atoms with Crippen LogP contribution < -0.4 is 0 Å². The van der Waals surface area contributed by atoms with Crippen LogP contribution in [-0.2, 0) is 17.9 Å². The van der Waals surface area contributed by atoms with Crippen molar-refractivity contribution in [3.05, 3.63) is 65.5 Å². The molecule has 1 aliphatic heterocycles. The fourth-order valence-corrected chi connectivity index (χ4v) is 4.21. The Kier molecular flexibility index (Phi) is 4.84. The number of hydrogen-bond donors (Lipinski definition) is 0. The lowest BCUT2D eigenvalue weighted by atomic mass is 10.1. The molecule has 0 bridgehead atoms. The van der Waals surface area contributed by atoms with Gasteiger partial charge >= 0.3 is 0 Å². The van der Waals surface area contributed by atoms with Crippen molar-refractivity contribution in [2.75, 3.05) is 26.2 Å². The molecule has 2 fully saturated rings. The summed E-state index contributed by atoms with van der Waals surface area (Å²) in [6, 6.07) is 17.1. The smallest absolute Gasteiger partial charge is 0.225 e. The normalized spacial score (nSPS) is 17.8. The van der Waals surface area contributed by atoms with Gasteiger partial charge in [-0.05, 0) is 37.5 Å². The fourth-order valence-electron chi connectivity index (χ4n) is 4.21. The summed E-state index contributed by atoms with van der Waals surface area (Å²) in [5.74, 6) is 1.80. The topological polar surface area (TPSA) is 41.4 Å². The summed E-state index contributed by atoms with van der Waals surface area (Å²) in [4.78, 5) is 21.8. The molecule has 1 saturated heterocycles. The Balaban J connectivity index is 1.34. The van der Waals surface area contributed by atoms with Gasteiger partial charge in [0.2, 0.25) is 5.91 Å². The van der Waals surface area contributed by atoms with Crippen molar-refractivity contribution in [1.82, 2.24) is 19.4 Å². The highest BCUT2D eigenvalue weighted by Crippen LogP contribution is 2.31. The van der Waals surface area contributed by atoms with Crippen molar-refractivity contribution in [2.24, 2.45) is 5.92 Å². The van der Waals surface area contributed by atoms with E-state index >= 15 is 0 Å². The summed E-state index contributed by atoms with van der Waals surface area (Å²) >= 11 is 0. The monoisotopic (exact) mass is 388 g/mol. The number of aromatic nitrogens is 2. The summed E-state index contributed by atoms with van der Waals surface area (Å²) in [5.41, 5.74) is 4.81. The Morgan fingerprint density at radius 2 is 1.69 bits per heavy atom. The lowest BCUT2D eigenvalue weighted by molar-refractivity contribution is -0.134. The molecule has 2 aliphatic rings. The van der Waals surface area contributed by atoms with E-state index in [1.54, 1.807) is 0 Å². The highest BCUT2D eigenvalue weighted by molar-refractivity contribution is 5.81. The number of imidazole rings is 1. The number of para-hydroxylation sites is 2. The van der Waals surface area contributed by atoms with Crippen LogP contribution in [0.3, 0.4) is 0 Å². The zero-order valence-electron chi connectivity index (χ0n) is 17.1. The Hall–Kier alpha value is -2.66. The minimum absolute atomic E-state index is 0.320. The number of carbonyl (C=O) groups excluding carboxylic acids is 1. The summed E-state index contributed by atoms with van der Waals surface area (Å²) in [7, 11) is 0. The first-order valence-electron chi connectivity index (χ1n) is 10.7. The number of piperazine rings is 1. The Labute approximate surface area is 171 Å². The molecule has 0 unspecified atom stereocenters. The summed E-state index contributed by atoms with van der Waals surface area (Å²) in [6.45, 7) is 7.30. The molecule has 1 aliphatic carbocycles. The van der Waals surface area contributed by atoms with E-state index in [0.29, 0.717) is 11.8 Å². The number of benzene rings is 2. The number of rotatable bonds is 5. The van der Waals surface area contributed by atoms with Crippen molar-refractivity contribution >= 4 is 16.9 Å². The van der Waals surface area contributed by atoms with Gasteiger partial charge in [0.1, 0.15) is 5.82 Å². The van der Waals surface area contributed by atoms with E-state index in [2.05, 4.69) is 69.8 Å². The minimum atomic E-state index is 0.320. The summed E-state index contributed by atoms with van der Waals surface area (Å²) in [6.07, 6.45) is 2.17. The van der Waals surface area contributed by atoms with Gasteiger partial charge in [0, 0.05) is 38.6 Å². The average molecular weight is 389 g/mol. The van der Waals surface area contributed by atoms with Crippen LogP contribution >= 0.6 is 0 Å². The van der Waals surface area contributed by atoms with Gasteiger partial charge in [0.15, 0.2) is 0 Å². The fraction of sp³-hybridized carbons (Fsp3) is 0.417. The molecule has 29 heavy (non-hydrogen) atoms. The SMILES string of the molecule is Cc1ccc(Cn2c(CN3CCN(C(=O)C4CC4)CC3)nc3ccccc32)cc1. The first kappa shape index (κ1) is 18.4. The maximum atomic E-state index is 12.3. The van der Waals surface area contributed by atoms with E-state index in [-0.39, 0.29) is 0 Å². The molecule has 0 radical (unpaired) electrons. The van der Waals surface area contributed by atoms with Gasteiger partial charge in [-0.25, -0.2) is 4.98 Å². The molecule has 5 nitrogen and oxygen atoms in total. The maximum absolute atomic E-state index is 12.3. The van der Waals surface area contributed by atoms with Gasteiger partial charge in [-0.3, -0.25) is 9.69 Å². The largest absolute Gasteiger partial charge is 0.340 e. The molecule has 0 N–H and O–H groups in total. The van der Waals surface area contributed by atoms with Crippen molar-refractivity contribution < 1.29 is 4.79 Å². The molecule has 1 amide bonds. The third-order valence-electron chi connectivity index (χ3n) is 6.17. The summed E-state index contributed by atoms with van der Waals surface area (Å²) in [5, 5.41) is 0. The number of aryl methyl sites for hydroxylation is 1. The van der Waals surface area contributed by atoms with E-state index in [4.69, 9.17) is 4.98 Å². The predicted octanol–water partition coefficient (Wildman–Crippen LogP) is 3.45. The molecule has 2 aromatic carbocycles. The highest BCUT2D eigenvalue weighted by Gasteiger charge is 2.34. The maximum Gasteiger partial charge on any atom is 0.225 e. The second kappa shape index (κ2) is 7.64. The van der Waals surface area contributed by atoms with Crippen molar-refractivity contribution in [1.29, 1.82) is 0 Å². The van der Waals surface area contributed by atoms with E-state index in [1.807, 2.05) is 0 Å². The van der Waals surface area contributed by atoms with Crippen LogP contribution in [0, 0.1) is 12.8 Å². The van der Waals surface area contributed by atoms with Crippen LogP contribution in [0.2, 0.25) is 0 Å². The molecular weight excluding hydrogens is 360 g/mol. The van der Waals surface area contributed by atoms with Crippen LogP contribution in [-0.4, -0.2) is 51.4 Å².